The van der Waals surface area contributed by atoms with E-state index in [1.807, 2.05) is 0 Å². The first-order valence-electron chi connectivity index (χ1n) is 4.35. The van der Waals surface area contributed by atoms with E-state index in [1.165, 1.54) is 0 Å². The Morgan fingerprint density at radius 3 is 2.57 bits per heavy atom. The van der Waals surface area contributed by atoms with Crippen LogP contribution in [0.2, 0.25) is 0 Å². The molecule has 82 valence electrons. The molecule has 0 radical (unpaired) electrons. The van der Waals surface area contributed by atoms with Crippen LogP contribution in [0.1, 0.15) is 13.8 Å². The molecule has 1 aliphatic heterocycles. The largest absolute Gasteiger partial charge is 0.441 e. The summed E-state index contributed by atoms with van der Waals surface area (Å²) in [6, 6.07) is 0. The molecule has 0 aliphatic carbocycles. The lowest BCUT2D eigenvalue weighted by atomic mass is 9.91. The van der Waals surface area contributed by atoms with Crippen LogP contribution in [0.3, 0.4) is 0 Å². The predicted molar refractivity (Wildman–Crippen MR) is 46.1 cm³/mol. The highest BCUT2D eigenvalue weighted by Gasteiger charge is 2.52. The third-order valence-corrected chi connectivity index (χ3v) is 2.57. The molecule has 1 rings (SSSR count). The average molecular weight is 205 g/mol. The van der Waals surface area contributed by atoms with Gasteiger partial charge in [0.2, 0.25) is 5.72 Å². The van der Waals surface area contributed by atoms with Gasteiger partial charge in [0.15, 0.2) is 0 Å². The second kappa shape index (κ2) is 3.82. The van der Waals surface area contributed by atoms with Crippen molar-refractivity contribution >= 4 is 6.47 Å². The molecule has 0 saturated carbocycles. The van der Waals surface area contributed by atoms with Gasteiger partial charge in [-0.2, -0.15) is 0 Å². The number of carbonyl (C=O) groups excluding carboxylic acids is 1. The molecule has 1 fully saturated rings. The lowest BCUT2D eigenvalue weighted by Crippen LogP contribution is -2.70. The summed E-state index contributed by atoms with van der Waals surface area (Å²) in [5.41, 5.74) is 3.93. The van der Waals surface area contributed by atoms with E-state index in [1.54, 1.807) is 13.8 Å². The molecule has 6 nitrogen and oxygen atoms in total. The first-order valence-corrected chi connectivity index (χ1v) is 4.35. The predicted octanol–water partition coefficient (Wildman–Crippen LogP) is -1.66. The summed E-state index contributed by atoms with van der Waals surface area (Å²) in [5.74, 6) is 0. The minimum atomic E-state index is -1.69. The van der Waals surface area contributed by atoms with Crippen LogP contribution in [0, 0.1) is 0 Å². The highest BCUT2D eigenvalue weighted by atomic mass is 16.6. The van der Waals surface area contributed by atoms with Gasteiger partial charge in [0.05, 0.1) is 6.10 Å². The van der Waals surface area contributed by atoms with E-state index in [0.717, 1.165) is 0 Å². The van der Waals surface area contributed by atoms with E-state index in [-0.39, 0.29) is 6.47 Å². The number of aliphatic hydroxyl groups is 2. The Kier molecular flexibility index (Phi) is 3.10. The van der Waals surface area contributed by atoms with Crippen LogP contribution >= 0.6 is 0 Å². The molecular weight excluding hydrogens is 190 g/mol. The lowest BCUT2D eigenvalue weighted by Gasteiger charge is -2.45. The normalized spacial score (nSPS) is 48.6. The number of nitrogens with two attached hydrogens (primary N) is 1. The zero-order valence-corrected chi connectivity index (χ0v) is 8.08. The van der Waals surface area contributed by atoms with Crippen LogP contribution in [0.4, 0.5) is 0 Å². The zero-order chi connectivity index (χ0) is 10.9. The molecule has 6 heteroatoms. The first-order chi connectivity index (χ1) is 6.43. The topological polar surface area (TPSA) is 102 Å². The summed E-state index contributed by atoms with van der Waals surface area (Å²) in [5, 5.41) is 19.1. The number of rotatable bonds is 2. The standard InChI is InChI=1S/C8H15NO5/c1-4-6(11)7(12)8(9,13-3-10)5(2)14-4/h3-7,11-12H,9H2,1-2H3/t4-,5?,6-,7-,8-/m0/s1. The highest BCUT2D eigenvalue weighted by Crippen LogP contribution is 2.28. The first kappa shape index (κ1) is 11.4. The van der Waals surface area contributed by atoms with Gasteiger partial charge in [-0.3, -0.25) is 10.5 Å². The Labute approximate surface area is 81.6 Å². The van der Waals surface area contributed by atoms with E-state index >= 15 is 0 Å². The maximum absolute atomic E-state index is 10.2. The Balaban J connectivity index is 2.88. The molecule has 0 aromatic rings. The summed E-state index contributed by atoms with van der Waals surface area (Å²) in [7, 11) is 0. The summed E-state index contributed by atoms with van der Waals surface area (Å²) in [6.45, 7) is 3.30. The molecule has 1 saturated heterocycles. The molecule has 4 N–H and O–H groups in total. The van der Waals surface area contributed by atoms with Gasteiger partial charge in [-0.25, -0.2) is 0 Å². The smallest absolute Gasteiger partial charge is 0.295 e. The molecule has 5 atom stereocenters. The SMILES string of the molecule is CC1O[C@@H](C)[C@H](O)[C@H](O)[C@@]1(N)OC=O. The highest BCUT2D eigenvalue weighted by molar-refractivity contribution is 5.39. The van der Waals surface area contributed by atoms with Crippen molar-refractivity contribution in [3.63, 3.8) is 0 Å². The Hall–Kier alpha value is -0.690. The van der Waals surface area contributed by atoms with Gasteiger partial charge >= 0.3 is 0 Å². The van der Waals surface area contributed by atoms with Gasteiger partial charge in [0, 0.05) is 0 Å². The third-order valence-electron chi connectivity index (χ3n) is 2.57. The number of carbonyl (C=O) groups is 1. The second-order valence-corrected chi connectivity index (χ2v) is 3.49. The third kappa shape index (κ3) is 1.61. The fraction of sp³-hybridized carbons (Fsp3) is 0.875. The van der Waals surface area contributed by atoms with Gasteiger partial charge in [-0.05, 0) is 13.8 Å². The molecule has 0 aromatic carbocycles. The number of ether oxygens (including phenoxy) is 2. The number of aliphatic hydroxyl groups excluding tert-OH is 2. The molecule has 0 aromatic heterocycles. The van der Waals surface area contributed by atoms with Crippen molar-refractivity contribution in [2.24, 2.45) is 5.73 Å². The van der Waals surface area contributed by atoms with E-state index in [2.05, 4.69) is 4.74 Å². The van der Waals surface area contributed by atoms with Crippen molar-refractivity contribution in [2.75, 3.05) is 0 Å². The number of hydrogen-bond donors (Lipinski definition) is 3. The van der Waals surface area contributed by atoms with Crippen molar-refractivity contribution in [2.45, 2.75) is 44.0 Å². The van der Waals surface area contributed by atoms with Gasteiger partial charge in [0.1, 0.15) is 18.3 Å². The van der Waals surface area contributed by atoms with Crippen molar-refractivity contribution in [3.8, 4) is 0 Å². The fourth-order valence-corrected chi connectivity index (χ4v) is 1.52. The zero-order valence-electron chi connectivity index (χ0n) is 8.08. The molecule has 1 unspecified atom stereocenters. The average Bonchev–Trinajstić information content (AvgIpc) is 2.13. The number of hydrogen-bond acceptors (Lipinski definition) is 6. The Bertz CT molecular complexity index is 224. The summed E-state index contributed by atoms with van der Waals surface area (Å²) in [4.78, 5) is 10.2. The van der Waals surface area contributed by atoms with Gasteiger partial charge < -0.3 is 19.7 Å². The van der Waals surface area contributed by atoms with Crippen LogP contribution in [0.5, 0.6) is 0 Å². The van der Waals surface area contributed by atoms with Gasteiger partial charge in [0.25, 0.3) is 6.47 Å². The Morgan fingerprint density at radius 2 is 2.07 bits per heavy atom. The van der Waals surface area contributed by atoms with Crippen LogP contribution < -0.4 is 5.73 Å². The molecule has 1 aliphatic rings. The maximum Gasteiger partial charge on any atom is 0.295 e. The van der Waals surface area contributed by atoms with E-state index in [4.69, 9.17) is 10.5 Å². The molecule has 0 spiro atoms. The molecule has 14 heavy (non-hydrogen) atoms. The monoisotopic (exact) mass is 205 g/mol. The molecule has 0 amide bonds. The van der Waals surface area contributed by atoms with E-state index in [9.17, 15) is 15.0 Å². The summed E-state index contributed by atoms with van der Waals surface area (Å²) >= 11 is 0. The fourth-order valence-electron chi connectivity index (χ4n) is 1.52. The van der Waals surface area contributed by atoms with Gasteiger partial charge in [-0.1, -0.05) is 0 Å². The Morgan fingerprint density at radius 1 is 1.50 bits per heavy atom. The molecular formula is C8H15NO5. The summed E-state index contributed by atoms with van der Waals surface area (Å²) < 4.78 is 9.79. The van der Waals surface area contributed by atoms with Crippen molar-refractivity contribution in [1.29, 1.82) is 0 Å². The quantitative estimate of drug-likeness (QED) is 0.368. The minimum Gasteiger partial charge on any atom is -0.441 e. The van der Waals surface area contributed by atoms with Crippen molar-refractivity contribution < 1.29 is 24.5 Å². The summed E-state index contributed by atoms with van der Waals surface area (Å²) in [6.07, 6.45) is -3.75. The van der Waals surface area contributed by atoms with E-state index in [0.29, 0.717) is 0 Å². The van der Waals surface area contributed by atoms with Crippen LogP contribution in [0.15, 0.2) is 0 Å². The van der Waals surface area contributed by atoms with Crippen LogP contribution in [0.25, 0.3) is 0 Å². The van der Waals surface area contributed by atoms with Crippen LogP contribution in [-0.2, 0) is 14.3 Å². The molecule has 1 heterocycles. The lowest BCUT2D eigenvalue weighted by molar-refractivity contribution is -0.263. The maximum atomic E-state index is 10.2. The van der Waals surface area contributed by atoms with Crippen LogP contribution in [-0.4, -0.2) is 46.8 Å². The van der Waals surface area contributed by atoms with E-state index < -0.39 is 30.1 Å². The molecule has 0 bridgehead atoms. The van der Waals surface area contributed by atoms with Crippen molar-refractivity contribution in [1.82, 2.24) is 0 Å². The minimum absolute atomic E-state index is 0.131. The van der Waals surface area contributed by atoms with Crippen molar-refractivity contribution in [3.05, 3.63) is 0 Å². The second-order valence-electron chi connectivity index (χ2n) is 3.49. The van der Waals surface area contributed by atoms with Gasteiger partial charge in [-0.15, -0.1) is 0 Å².